The Kier molecular flexibility index (Phi) is 5.79. The Balaban J connectivity index is 4.99. The van der Waals surface area contributed by atoms with E-state index in [1.54, 1.807) is 0 Å². The molecule has 0 aromatic rings. The summed E-state index contributed by atoms with van der Waals surface area (Å²) in [5, 5.41) is 17.9. The molecule has 0 saturated heterocycles. The van der Waals surface area contributed by atoms with Crippen molar-refractivity contribution >= 4 is 18.1 Å². The van der Waals surface area contributed by atoms with Gasteiger partial charge in [0.1, 0.15) is 18.4 Å². The summed E-state index contributed by atoms with van der Waals surface area (Å²) in [5.41, 5.74) is 5.35. The molecule has 0 fully saturated rings. The fourth-order valence-corrected chi connectivity index (χ4v) is 1.10. The second kappa shape index (κ2) is 6.31. The van der Waals surface area contributed by atoms with Crippen molar-refractivity contribution in [1.82, 2.24) is 4.90 Å². The van der Waals surface area contributed by atoms with Crippen LogP contribution in [0.5, 0.6) is 0 Å². The summed E-state index contributed by atoms with van der Waals surface area (Å²) in [7, 11) is 0. The molecule has 0 aliphatic rings. The average molecular weight is 232 g/mol. The fourth-order valence-electron chi connectivity index (χ4n) is 1.10. The molecule has 7 nitrogen and oxygen atoms in total. The number of hydrogen-bond donors (Lipinski definition) is 3. The number of nitrogens with zero attached hydrogens (tertiary/aromatic N) is 1. The maximum absolute atomic E-state index is 11.6. The molecule has 0 saturated carbocycles. The molecule has 7 heteroatoms. The number of carbonyl (C=O) groups excluding carboxylic acids is 3. The highest BCUT2D eigenvalue weighted by molar-refractivity contribution is 5.99. The van der Waals surface area contributed by atoms with E-state index in [0.717, 1.165) is 6.92 Å². The maximum atomic E-state index is 11.6. The minimum atomic E-state index is -1.31. The van der Waals surface area contributed by atoms with E-state index in [0.29, 0.717) is 4.90 Å². The van der Waals surface area contributed by atoms with Crippen molar-refractivity contribution in [2.75, 3.05) is 6.61 Å². The summed E-state index contributed by atoms with van der Waals surface area (Å²) >= 11 is 0. The molecule has 0 bridgehead atoms. The predicted octanol–water partition coefficient (Wildman–Crippen LogP) is -2.37. The second-order valence-corrected chi connectivity index (χ2v) is 3.38. The minimum Gasteiger partial charge on any atom is -0.394 e. The first-order valence-electron chi connectivity index (χ1n) is 4.70. The topological polar surface area (TPSA) is 121 Å². The number of hydrogen-bond acceptors (Lipinski definition) is 6. The molecule has 0 unspecified atom stereocenters. The molecule has 0 aliphatic heterocycles. The molecule has 4 N–H and O–H groups in total. The Morgan fingerprint density at radius 3 is 2.25 bits per heavy atom. The van der Waals surface area contributed by atoms with Crippen molar-refractivity contribution in [3.05, 3.63) is 0 Å². The SMILES string of the molecule is CC(=O)N(C(=O)[C@@H](N)[C@@H](C)O)[C@@H](C=O)CO. The maximum Gasteiger partial charge on any atom is 0.249 e. The van der Waals surface area contributed by atoms with Crippen molar-refractivity contribution in [3.8, 4) is 0 Å². The van der Waals surface area contributed by atoms with E-state index < -0.39 is 36.6 Å². The number of nitrogens with two attached hydrogens (primary N) is 1. The lowest BCUT2D eigenvalue weighted by Crippen LogP contribution is -2.55. The van der Waals surface area contributed by atoms with Crippen LogP contribution in [-0.4, -0.2) is 58.0 Å². The Labute approximate surface area is 92.8 Å². The number of aliphatic hydroxyl groups excluding tert-OH is 2. The monoisotopic (exact) mass is 232 g/mol. The Morgan fingerprint density at radius 2 is 2.00 bits per heavy atom. The van der Waals surface area contributed by atoms with Gasteiger partial charge in [0, 0.05) is 6.92 Å². The van der Waals surface area contributed by atoms with Crippen molar-refractivity contribution in [2.24, 2.45) is 5.73 Å². The molecule has 0 aliphatic carbocycles. The quantitative estimate of drug-likeness (QED) is 0.455. The van der Waals surface area contributed by atoms with Gasteiger partial charge in [-0.05, 0) is 6.92 Å². The molecule has 0 spiro atoms. The normalized spacial score (nSPS) is 16.1. The Bertz CT molecular complexity index is 279. The Morgan fingerprint density at radius 1 is 1.50 bits per heavy atom. The first-order chi connectivity index (χ1) is 7.36. The summed E-state index contributed by atoms with van der Waals surface area (Å²) in [6, 6.07) is -2.58. The van der Waals surface area contributed by atoms with Gasteiger partial charge in [-0.3, -0.25) is 14.5 Å². The summed E-state index contributed by atoms with van der Waals surface area (Å²) in [6.07, 6.45) is -0.881. The summed E-state index contributed by atoms with van der Waals surface area (Å²) in [6.45, 7) is 1.68. The van der Waals surface area contributed by atoms with Crippen LogP contribution in [0.25, 0.3) is 0 Å². The smallest absolute Gasteiger partial charge is 0.249 e. The van der Waals surface area contributed by atoms with Crippen molar-refractivity contribution in [3.63, 3.8) is 0 Å². The predicted molar refractivity (Wildman–Crippen MR) is 54.1 cm³/mol. The van der Waals surface area contributed by atoms with E-state index in [-0.39, 0.29) is 6.29 Å². The van der Waals surface area contributed by atoms with Crippen LogP contribution in [-0.2, 0) is 14.4 Å². The molecule has 0 aromatic carbocycles. The summed E-state index contributed by atoms with van der Waals surface area (Å²) in [5.74, 6) is -1.61. The van der Waals surface area contributed by atoms with E-state index in [1.165, 1.54) is 6.92 Å². The molecular weight excluding hydrogens is 216 g/mol. The highest BCUT2D eigenvalue weighted by Gasteiger charge is 2.32. The van der Waals surface area contributed by atoms with Crippen LogP contribution in [0.3, 0.4) is 0 Å². The third-order valence-corrected chi connectivity index (χ3v) is 2.06. The van der Waals surface area contributed by atoms with Gasteiger partial charge in [0.2, 0.25) is 11.8 Å². The van der Waals surface area contributed by atoms with Crippen molar-refractivity contribution in [1.29, 1.82) is 0 Å². The minimum absolute atomic E-state index is 0.272. The molecule has 0 aromatic heterocycles. The van der Waals surface area contributed by atoms with Gasteiger partial charge >= 0.3 is 0 Å². The number of aldehydes is 1. The standard InChI is InChI=1S/C9H16N2O5/c1-5(14)8(10)9(16)11(6(2)15)7(3-12)4-13/h3,5,7-8,13-14H,4,10H2,1-2H3/t5-,7+,8+/m1/s1. The van der Waals surface area contributed by atoms with Gasteiger partial charge in [0.25, 0.3) is 0 Å². The fraction of sp³-hybridized carbons (Fsp3) is 0.667. The van der Waals surface area contributed by atoms with Crippen molar-refractivity contribution < 1.29 is 24.6 Å². The third-order valence-electron chi connectivity index (χ3n) is 2.06. The van der Waals surface area contributed by atoms with E-state index in [4.69, 9.17) is 15.9 Å². The average Bonchev–Trinajstić information content (AvgIpc) is 2.22. The summed E-state index contributed by atoms with van der Waals surface area (Å²) in [4.78, 5) is 33.9. The highest BCUT2D eigenvalue weighted by atomic mass is 16.3. The van der Waals surface area contributed by atoms with Crippen molar-refractivity contribution in [2.45, 2.75) is 32.0 Å². The lowest BCUT2D eigenvalue weighted by Gasteiger charge is -2.27. The molecule has 0 radical (unpaired) electrons. The highest BCUT2D eigenvalue weighted by Crippen LogP contribution is 2.03. The van der Waals surface area contributed by atoms with Gasteiger partial charge in [-0.1, -0.05) is 0 Å². The second-order valence-electron chi connectivity index (χ2n) is 3.38. The van der Waals surface area contributed by atoms with Gasteiger partial charge in [0.05, 0.1) is 12.7 Å². The van der Waals surface area contributed by atoms with Crippen LogP contribution in [0.4, 0.5) is 0 Å². The zero-order valence-electron chi connectivity index (χ0n) is 9.16. The van der Waals surface area contributed by atoms with Gasteiger partial charge in [-0.2, -0.15) is 0 Å². The molecule has 92 valence electrons. The largest absolute Gasteiger partial charge is 0.394 e. The van der Waals surface area contributed by atoms with E-state index in [1.807, 2.05) is 0 Å². The Hall–Kier alpha value is -1.31. The zero-order valence-corrected chi connectivity index (χ0v) is 9.16. The van der Waals surface area contributed by atoms with Gasteiger partial charge in [0.15, 0.2) is 0 Å². The number of amides is 2. The number of rotatable bonds is 5. The van der Waals surface area contributed by atoms with Crippen LogP contribution < -0.4 is 5.73 Å². The summed E-state index contributed by atoms with van der Waals surface area (Å²) < 4.78 is 0. The third kappa shape index (κ3) is 3.37. The van der Waals surface area contributed by atoms with E-state index in [9.17, 15) is 14.4 Å². The van der Waals surface area contributed by atoms with Crippen LogP contribution in [0.2, 0.25) is 0 Å². The van der Waals surface area contributed by atoms with Gasteiger partial charge < -0.3 is 20.7 Å². The molecular formula is C9H16N2O5. The van der Waals surface area contributed by atoms with Crippen LogP contribution in [0.15, 0.2) is 0 Å². The first kappa shape index (κ1) is 14.7. The van der Waals surface area contributed by atoms with Gasteiger partial charge in [-0.15, -0.1) is 0 Å². The van der Waals surface area contributed by atoms with E-state index in [2.05, 4.69) is 0 Å². The molecule has 0 heterocycles. The number of imide groups is 1. The lowest BCUT2D eigenvalue weighted by molar-refractivity contribution is -0.151. The van der Waals surface area contributed by atoms with Crippen LogP contribution in [0.1, 0.15) is 13.8 Å². The molecule has 0 rings (SSSR count). The number of carbonyl (C=O) groups is 3. The molecule has 2 amide bonds. The van der Waals surface area contributed by atoms with Gasteiger partial charge in [-0.25, -0.2) is 0 Å². The number of aliphatic hydroxyl groups is 2. The van der Waals surface area contributed by atoms with E-state index >= 15 is 0 Å². The zero-order chi connectivity index (χ0) is 12.9. The van der Waals surface area contributed by atoms with Crippen LogP contribution in [0, 0.1) is 0 Å². The first-order valence-corrected chi connectivity index (χ1v) is 4.70. The lowest BCUT2D eigenvalue weighted by atomic mass is 10.1. The molecule has 16 heavy (non-hydrogen) atoms. The molecule has 3 atom stereocenters. The van der Waals surface area contributed by atoms with Crippen LogP contribution >= 0.6 is 0 Å².